The lowest BCUT2D eigenvalue weighted by atomic mass is 10.1. The number of halogens is 2. The van der Waals surface area contributed by atoms with Crippen molar-refractivity contribution in [2.24, 2.45) is 0 Å². The maximum Gasteiger partial charge on any atom is 0.231 e. The molecule has 0 spiro atoms. The van der Waals surface area contributed by atoms with Crippen molar-refractivity contribution in [3.05, 3.63) is 64.3 Å². The van der Waals surface area contributed by atoms with Crippen LogP contribution < -0.4 is 0 Å². The van der Waals surface area contributed by atoms with Crippen molar-refractivity contribution >= 4 is 32.7 Å². The van der Waals surface area contributed by atoms with Gasteiger partial charge < -0.3 is 4.42 Å². The Morgan fingerprint density at radius 3 is 2.89 bits per heavy atom. The van der Waals surface area contributed by atoms with Crippen LogP contribution in [0, 0.1) is 5.82 Å². The molecule has 19 heavy (non-hydrogen) atoms. The number of benzene rings is 1. The average Bonchev–Trinajstić information content (AvgIpc) is 2.84. The highest BCUT2D eigenvalue weighted by Gasteiger charge is 2.18. The molecule has 5 heteroatoms. The molecule has 3 rings (SSSR count). The van der Waals surface area contributed by atoms with Gasteiger partial charge in [0.25, 0.3) is 0 Å². The average molecular weight is 320 g/mol. The minimum atomic E-state index is -0.660. The summed E-state index contributed by atoms with van der Waals surface area (Å²) in [5, 5.41) is 0.784. The van der Waals surface area contributed by atoms with Gasteiger partial charge in [0.05, 0.1) is 16.2 Å². The first-order valence-corrected chi connectivity index (χ1v) is 6.28. The predicted molar refractivity (Wildman–Crippen MR) is 71.5 cm³/mol. The largest absolute Gasteiger partial charge is 0.451 e. The molecule has 0 saturated heterocycles. The van der Waals surface area contributed by atoms with E-state index in [4.69, 9.17) is 4.42 Å². The van der Waals surface area contributed by atoms with Gasteiger partial charge in [-0.2, -0.15) is 0 Å². The molecule has 0 bridgehead atoms. The SMILES string of the molecule is O=C(c1cc2cccc(Br)c2o1)c1ccncc1F. The Balaban J connectivity index is 2.12. The van der Waals surface area contributed by atoms with E-state index < -0.39 is 11.6 Å². The van der Waals surface area contributed by atoms with Gasteiger partial charge in [-0.3, -0.25) is 9.78 Å². The third-order valence-corrected chi connectivity index (χ3v) is 3.36. The quantitative estimate of drug-likeness (QED) is 0.671. The first-order chi connectivity index (χ1) is 9.16. The second-order valence-electron chi connectivity index (χ2n) is 3.95. The van der Waals surface area contributed by atoms with Crippen molar-refractivity contribution in [3.8, 4) is 0 Å². The fourth-order valence-corrected chi connectivity index (χ4v) is 2.29. The molecule has 0 aliphatic heterocycles. The molecule has 0 amide bonds. The van der Waals surface area contributed by atoms with Gasteiger partial charge in [-0.25, -0.2) is 4.39 Å². The lowest BCUT2D eigenvalue weighted by molar-refractivity contribution is 0.101. The number of hydrogen-bond acceptors (Lipinski definition) is 3. The van der Waals surface area contributed by atoms with Crippen LogP contribution in [0.3, 0.4) is 0 Å². The van der Waals surface area contributed by atoms with E-state index in [1.54, 1.807) is 6.07 Å². The van der Waals surface area contributed by atoms with Gasteiger partial charge in [-0.1, -0.05) is 12.1 Å². The summed E-state index contributed by atoms with van der Waals surface area (Å²) in [6, 6.07) is 8.40. The van der Waals surface area contributed by atoms with Crippen LogP contribution in [0.25, 0.3) is 11.0 Å². The monoisotopic (exact) mass is 319 g/mol. The van der Waals surface area contributed by atoms with E-state index in [9.17, 15) is 9.18 Å². The summed E-state index contributed by atoms with van der Waals surface area (Å²) in [6.45, 7) is 0. The van der Waals surface area contributed by atoms with E-state index in [0.717, 1.165) is 16.1 Å². The third-order valence-electron chi connectivity index (χ3n) is 2.74. The van der Waals surface area contributed by atoms with Crippen molar-refractivity contribution in [2.75, 3.05) is 0 Å². The fraction of sp³-hybridized carbons (Fsp3) is 0. The smallest absolute Gasteiger partial charge is 0.231 e. The topological polar surface area (TPSA) is 43.1 Å². The van der Waals surface area contributed by atoms with Gasteiger partial charge in [-0.05, 0) is 34.1 Å². The van der Waals surface area contributed by atoms with Gasteiger partial charge in [0.15, 0.2) is 11.6 Å². The van der Waals surface area contributed by atoms with Gasteiger partial charge in [0, 0.05) is 11.6 Å². The minimum Gasteiger partial charge on any atom is -0.451 e. The van der Waals surface area contributed by atoms with Crippen LogP contribution in [0.4, 0.5) is 4.39 Å². The molecule has 94 valence electrons. The lowest BCUT2D eigenvalue weighted by Crippen LogP contribution is -2.03. The highest BCUT2D eigenvalue weighted by molar-refractivity contribution is 9.10. The van der Waals surface area contributed by atoms with E-state index in [2.05, 4.69) is 20.9 Å². The highest BCUT2D eigenvalue weighted by Crippen LogP contribution is 2.28. The number of carbonyl (C=O) groups excluding carboxylic acids is 1. The molecule has 2 heterocycles. The second-order valence-corrected chi connectivity index (χ2v) is 4.81. The number of carbonyl (C=O) groups is 1. The van der Waals surface area contributed by atoms with Crippen LogP contribution >= 0.6 is 15.9 Å². The van der Waals surface area contributed by atoms with Crippen LogP contribution in [0.5, 0.6) is 0 Å². The summed E-state index contributed by atoms with van der Waals surface area (Å²) in [6.07, 6.45) is 2.38. The number of para-hydroxylation sites is 1. The Hall–Kier alpha value is -2.01. The molecule has 3 aromatic rings. The van der Waals surface area contributed by atoms with Gasteiger partial charge in [0.2, 0.25) is 5.78 Å². The number of ketones is 1. The van der Waals surface area contributed by atoms with Crippen LogP contribution in [-0.4, -0.2) is 10.8 Å². The standard InChI is InChI=1S/C14H7BrFNO2/c15-10-3-1-2-8-6-12(19-14(8)10)13(18)9-4-5-17-7-11(9)16/h1-7H. The molecule has 0 aliphatic carbocycles. The van der Waals surface area contributed by atoms with Gasteiger partial charge >= 0.3 is 0 Å². The lowest BCUT2D eigenvalue weighted by Gasteiger charge is -1.98. The van der Waals surface area contributed by atoms with Crippen LogP contribution in [-0.2, 0) is 0 Å². The van der Waals surface area contributed by atoms with Crippen molar-refractivity contribution in [1.82, 2.24) is 4.98 Å². The van der Waals surface area contributed by atoms with Gasteiger partial charge in [-0.15, -0.1) is 0 Å². The van der Waals surface area contributed by atoms with Crippen molar-refractivity contribution in [3.63, 3.8) is 0 Å². The zero-order valence-electron chi connectivity index (χ0n) is 9.56. The summed E-state index contributed by atoms with van der Waals surface area (Å²) in [5.74, 6) is -1.05. The molecule has 0 saturated carbocycles. The van der Waals surface area contributed by atoms with Crippen LogP contribution in [0.1, 0.15) is 16.1 Å². The molecule has 0 N–H and O–H groups in total. The summed E-state index contributed by atoms with van der Waals surface area (Å²) >= 11 is 3.34. The van der Waals surface area contributed by atoms with E-state index >= 15 is 0 Å². The summed E-state index contributed by atoms with van der Waals surface area (Å²) in [5.41, 5.74) is 0.519. The van der Waals surface area contributed by atoms with Gasteiger partial charge in [0.1, 0.15) is 5.58 Å². The first kappa shape index (κ1) is 12.0. The molecule has 0 fully saturated rings. The Bertz CT molecular complexity index is 782. The molecule has 0 radical (unpaired) electrons. The second kappa shape index (κ2) is 4.59. The minimum absolute atomic E-state index is 0.0508. The number of rotatable bonds is 2. The Labute approximate surface area is 116 Å². The van der Waals surface area contributed by atoms with E-state index in [-0.39, 0.29) is 11.3 Å². The number of hydrogen-bond donors (Lipinski definition) is 0. The van der Waals surface area contributed by atoms with E-state index in [0.29, 0.717) is 5.58 Å². The molecular weight excluding hydrogens is 313 g/mol. The summed E-state index contributed by atoms with van der Waals surface area (Å²) < 4.78 is 19.8. The maximum atomic E-state index is 13.5. The van der Waals surface area contributed by atoms with E-state index in [1.165, 1.54) is 12.3 Å². The Kier molecular flexibility index (Phi) is 2.91. The zero-order chi connectivity index (χ0) is 13.4. The molecular formula is C14H7BrFNO2. The van der Waals surface area contributed by atoms with Crippen molar-refractivity contribution < 1.29 is 13.6 Å². The molecule has 0 unspecified atom stereocenters. The molecule has 0 aliphatic rings. The Morgan fingerprint density at radius 1 is 1.32 bits per heavy atom. The van der Waals surface area contributed by atoms with E-state index in [1.807, 2.05) is 18.2 Å². The normalized spacial score (nSPS) is 10.8. The number of fused-ring (bicyclic) bond motifs is 1. The number of furan rings is 1. The molecule has 0 atom stereocenters. The fourth-order valence-electron chi connectivity index (χ4n) is 1.83. The molecule has 1 aromatic carbocycles. The number of nitrogens with zero attached hydrogens (tertiary/aromatic N) is 1. The highest BCUT2D eigenvalue weighted by atomic mass is 79.9. The maximum absolute atomic E-state index is 13.5. The van der Waals surface area contributed by atoms with Crippen molar-refractivity contribution in [2.45, 2.75) is 0 Å². The molecule has 2 aromatic heterocycles. The number of aromatic nitrogens is 1. The Morgan fingerprint density at radius 2 is 2.16 bits per heavy atom. The molecule has 3 nitrogen and oxygen atoms in total. The predicted octanol–water partition coefficient (Wildman–Crippen LogP) is 3.96. The third kappa shape index (κ3) is 2.06. The zero-order valence-corrected chi connectivity index (χ0v) is 11.1. The number of pyridine rings is 1. The van der Waals surface area contributed by atoms with Crippen LogP contribution in [0.2, 0.25) is 0 Å². The first-order valence-electron chi connectivity index (χ1n) is 5.49. The van der Waals surface area contributed by atoms with Crippen molar-refractivity contribution in [1.29, 1.82) is 0 Å². The van der Waals surface area contributed by atoms with Crippen LogP contribution in [0.15, 0.2) is 51.6 Å². The summed E-state index contributed by atoms with van der Waals surface area (Å²) in [4.78, 5) is 15.8. The summed E-state index contributed by atoms with van der Waals surface area (Å²) in [7, 11) is 0.